The zero-order chi connectivity index (χ0) is 18.5. The zero-order valence-corrected chi connectivity index (χ0v) is 16.6. The fraction of sp³-hybridized carbons (Fsp3) is 0.562. The van der Waals surface area contributed by atoms with Crippen molar-refractivity contribution in [2.75, 3.05) is 29.1 Å². The molecule has 1 fully saturated rings. The van der Waals surface area contributed by atoms with Gasteiger partial charge in [0, 0.05) is 19.2 Å². The van der Waals surface area contributed by atoms with Crippen molar-refractivity contribution in [1.29, 1.82) is 0 Å². The molecule has 2 atom stereocenters. The van der Waals surface area contributed by atoms with E-state index in [-0.39, 0.29) is 23.9 Å². The predicted octanol–water partition coefficient (Wildman–Crippen LogP) is 2.23. The average Bonchev–Trinajstić information content (AvgIpc) is 3.07. The van der Waals surface area contributed by atoms with E-state index in [0.717, 1.165) is 35.4 Å². The summed E-state index contributed by atoms with van der Waals surface area (Å²) in [6, 6.07) is 1.92. The number of anilines is 2. The summed E-state index contributed by atoms with van der Waals surface area (Å²) >= 11 is 2.77. The van der Waals surface area contributed by atoms with Crippen molar-refractivity contribution in [2.45, 2.75) is 44.4 Å². The molecule has 1 aliphatic rings. The number of aryl methyl sites for hydroxylation is 1. The fourth-order valence-corrected chi connectivity index (χ4v) is 4.05. The fourth-order valence-electron chi connectivity index (χ4n) is 2.69. The molecular formula is C16H22N6O2S2. The van der Waals surface area contributed by atoms with Gasteiger partial charge in [-0.15, -0.1) is 10.2 Å². The number of rotatable bonds is 6. The Morgan fingerprint density at radius 1 is 1.35 bits per heavy atom. The minimum Gasteiger partial charge on any atom is -0.372 e. The topological polar surface area (TPSA) is 93.1 Å². The van der Waals surface area contributed by atoms with Crippen LogP contribution in [0.2, 0.25) is 0 Å². The number of thioether (sulfide) groups is 1. The van der Waals surface area contributed by atoms with Crippen LogP contribution in [0, 0.1) is 0 Å². The first-order valence-electron chi connectivity index (χ1n) is 8.51. The highest BCUT2D eigenvalue weighted by Crippen LogP contribution is 2.23. The molecule has 8 nitrogen and oxygen atoms in total. The Morgan fingerprint density at radius 3 is 2.81 bits per heavy atom. The van der Waals surface area contributed by atoms with E-state index < -0.39 is 0 Å². The number of nitrogens with one attached hydrogen (secondary N) is 1. The van der Waals surface area contributed by atoms with Gasteiger partial charge in [-0.1, -0.05) is 30.0 Å². The number of hydrogen-bond acceptors (Lipinski definition) is 9. The molecule has 0 aromatic carbocycles. The maximum Gasteiger partial charge on any atom is 0.236 e. The van der Waals surface area contributed by atoms with Crippen molar-refractivity contribution in [1.82, 2.24) is 20.2 Å². The molecular weight excluding hydrogens is 372 g/mol. The van der Waals surface area contributed by atoms with Crippen LogP contribution in [0.4, 0.5) is 10.9 Å². The summed E-state index contributed by atoms with van der Waals surface area (Å²) in [4.78, 5) is 22.9. The highest BCUT2D eigenvalue weighted by Gasteiger charge is 2.23. The average molecular weight is 395 g/mol. The molecule has 10 heteroatoms. The molecule has 0 bridgehead atoms. The Morgan fingerprint density at radius 2 is 2.12 bits per heavy atom. The van der Waals surface area contributed by atoms with Crippen LogP contribution < -0.4 is 10.2 Å². The third-order valence-corrected chi connectivity index (χ3v) is 5.65. The molecule has 0 aliphatic carbocycles. The van der Waals surface area contributed by atoms with Crippen LogP contribution in [0.15, 0.2) is 17.4 Å². The van der Waals surface area contributed by atoms with E-state index in [0.29, 0.717) is 5.13 Å². The van der Waals surface area contributed by atoms with Crippen molar-refractivity contribution in [3.05, 3.63) is 17.4 Å². The first-order chi connectivity index (χ1) is 12.5. The molecule has 0 saturated carbocycles. The van der Waals surface area contributed by atoms with Crippen LogP contribution in [0.5, 0.6) is 0 Å². The van der Waals surface area contributed by atoms with Gasteiger partial charge < -0.3 is 9.64 Å². The first kappa shape index (κ1) is 19.0. The summed E-state index contributed by atoms with van der Waals surface area (Å²) in [6.07, 6.45) is 2.68. The maximum absolute atomic E-state index is 12.1. The van der Waals surface area contributed by atoms with Crippen LogP contribution in [-0.4, -0.2) is 57.1 Å². The highest BCUT2D eigenvalue weighted by atomic mass is 32.2. The van der Waals surface area contributed by atoms with Gasteiger partial charge in [0.05, 0.1) is 18.0 Å². The van der Waals surface area contributed by atoms with E-state index in [1.807, 2.05) is 13.0 Å². The normalized spacial score (nSPS) is 20.2. The third kappa shape index (κ3) is 5.12. The summed E-state index contributed by atoms with van der Waals surface area (Å²) < 4.78 is 5.76. The van der Waals surface area contributed by atoms with E-state index in [2.05, 4.69) is 44.2 Å². The van der Waals surface area contributed by atoms with Crippen molar-refractivity contribution < 1.29 is 9.53 Å². The van der Waals surface area contributed by atoms with E-state index in [9.17, 15) is 4.79 Å². The van der Waals surface area contributed by atoms with Gasteiger partial charge in [-0.3, -0.25) is 10.1 Å². The molecule has 2 aromatic heterocycles. The molecule has 1 aliphatic heterocycles. The lowest BCUT2D eigenvalue weighted by Gasteiger charge is -2.36. The summed E-state index contributed by atoms with van der Waals surface area (Å²) in [5.74, 6) is 0.997. The summed E-state index contributed by atoms with van der Waals surface area (Å²) in [5, 5.41) is 12.9. The molecule has 1 saturated heterocycles. The SMILES string of the molecule is CCc1nnc(NC(=O)CSc2cc(N3CC(C)OC(C)C3)ncn2)s1. The molecule has 0 spiro atoms. The Labute approximate surface area is 160 Å². The Kier molecular flexibility index (Phi) is 6.38. The van der Waals surface area contributed by atoms with Crippen LogP contribution in [0.25, 0.3) is 0 Å². The van der Waals surface area contributed by atoms with Gasteiger partial charge in [0.2, 0.25) is 11.0 Å². The zero-order valence-electron chi connectivity index (χ0n) is 15.0. The second kappa shape index (κ2) is 8.74. The standard InChI is InChI=1S/C16H22N6O2S2/c1-4-14-20-21-16(26-14)19-13(23)8-25-15-5-12(17-9-18-15)22-6-10(2)24-11(3)7-22/h5,9-11H,4,6-8H2,1-3H3,(H,19,21,23). The van der Waals surface area contributed by atoms with Gasteiger partial charge in [-0.05, 0) is 20.3 Å². The number of aromatic nitrogens is 4. The number of ether oxygens (including phenoxy) is 1. The van der Waals surface area contributed by atoms with E-state index in [4.69, 9.17) is 4.74 Å². The largest absolute Gasteiger partial charge is 0.372 e. The molecule has 26 heavy (non-hydrogen) atoms. The van der Waals surface area contributed by atoms with Gasteiger partial charge in [-0.25, -0.2) is 9.97 Å². The van der Waals surface area contributed by atoms with Crippen molar-refractivity contribution in [2.24, 2.45) is 0 Å². The molecule has 0 radical (unpaired) electrons. The molecule has 1 amide bonds. The van der Waals surface area contributed by atoms with Crippen LogP contribution in [0.3, 0.4) is 0 Å². The third-order valence-electron chi connectivity index (χ3n) is 3.74. The van der Waals surface area contributed by atoms with E-state index >= 15 is 0 Å². The van der Waals surface area contributed by atoms with Gasteiger partial charge in [0.1, 0.15) is 22.2 Å². The maximum atomic E-state index is 12.1. The number of nitrogens with zero attached hydrogens (tertiary/aromatic N) is 5. The molecule has 1 N–H and O–H groups in total. The second-order valence-electron chi connectivity index (χ2n) is 6.07. The van der Waals surface area contributed by atoms with Gasteiger partial charge >= 0.3 is 0 Å². The summed E-state index contributed by atoms with van der Waals surface area (Å²) in [5.41, 5.74) is 0. The van der Waals surface area contributed by atoms with Crippen molar-refractivity contribution >= 4 is 40.0 Å². The van der Waals surface area contributed by atoms with Crippen LogP contribution in [0.1, 0.15) is 25.8 Å². The lowest BCUT2D eigenvalue weighted by Crippen LogP contribution is -2.45. The lowest BCUT2D eigenvalue weighted by molar-refractivity contribution is -0.113. The molecule has 140 valence electrons. The Bertz CT molecular complexity index is 746. The number of morpholine rings is 1. The van der Waals surface area contributed by atoms with Crippen molar-refractivity contribution in [3.8, 4) is 0 Å². The van der Waals surface area contributed by atoms with E-state index in [1.165, 1.54) is 23.1 Å². The van der Waals surface area contributed by atoms with Crippen LogP contribution in [-0.2, 0) is 16.0 Å². The van der Waals surface area contributed by atoms with E-state index in [1.54, 1.807) is 6.33 Å². The van der Waals surface area contributed by atoms with Gasteiger partial charge in [-0.2, -0.15) is 0 Å². The number of amides is 1. The highest BCUT2D eigenvalue weighted by molar-refractivity contribution is 7.99. The lowest BCUT2D eigenvalue weighted by atomic mass is 10.2. The molecule has 3 heterocycles. The minimum atomic E-state index is -0.123. The van der Waals surface area contributed by atoms with Crippen molar-refractivity contribution in [3.63, 3.8) is 0 Å². The van der Waals surface area contributed by atoms with Gasteiger partial charge in [0.15, 0.2) is 0 Å². The second-order valence-corrected chi connectivity index (χ2v) is 8.13. The molecule has 2 aromatic rings. The predicted molar refractivity (Wildman–Crippen MR) is 103 cm³/mol. The summed E-state index contributed by atoms with van der Waals surface area (Å²) in [6.45, 7) is 7.71. The number of carbonyl (C=O) groups excluding carboxylic acids is 1. The van der Waals surface area contributed by atoms with Gasteiger partial charge in [0.25, 0.3) is 0 Å². The quantitative estimate of drug-likeness (QED) is 0.589. The number of carbonyl (C=O) groups is 1. The molecule has 2 unspecified atom stereocenters. The summed E-state index contributed by atoms with van der Waals surface area (Å²) in [7, 11) is 0. The Balaban J connectivity index is 1.55. The smallest absolute Gasteiger partial charge is 0.236 e. The van der Waals surface area contributed by atoms with Crippen LogP contribution >= 0.6 is 23.1 Å². The monoisotopic (exact) mass is 394 g/mol. The first-order valence-corrected chi connectivity index (χ1v) is 10.3. The molecule has 3 rings (SSSR count). The Hall–Kier alpha value is -1.78. The number of hydrogen-bond donors (Lipinski definition) is 1. The minimum absolute atomic E-state index is 0.123.